The van der Waals surface area contributed by atoms with Crippen LogP contribution in [-0.4, -0.2) is 50.4 Å². The topological polar surface area (TPSA) is 193 Å². The quantitative estimate of drug-likeness (QED) is 0.236. The van der Waals surface area contributed by atoms with Crippen molar-refractivity contribution in [3.8, 4) is 0 Å². The van der Waals surface area contributed by atoms with Gasteiger partial charge < -0.3 is 26.5 Å². The minimum atomic E-state index is -1.40. The number of rotatable bonds is 11. The maximum atomic E-state index is 13.4. The van der Waals surface area contributed by atoms with Crippen molar-refractivity contribution in [1.29, 1.82) is 0 Å². The third-order valence-electron chi connectivity index (χ3n) is 5.77. The Bertz CT molecular complexity index is 1430. The summed E-state index contributed by atoms with van der Waals surface area (Å²) in [4.78, 5) is 77.1. The van der Waals surface area contributed by atoms with Gasteiger partial charge >= 0.3 is 11.7 Å². The van der Waals surface area contributed by atoms with Crippen molar-refractivity contribution in [1.82, 2.24) is 20.2 Å². The molecule has 12 nitrogen and oxygen atoms in total. The van der Waals surface area contributed by atoms with E-state index in [4.69, 9.17) is 5.73 Å². The summed E-state index contributed by atoms with van der Waals surface area (Å²) in [5.41, 5.74) is 4.56. The van der Waals surface area contributed by atoms with Crippen LogP contribution >= 0.6 is 0 Å². The summed E-state index contributed by atoms with van der Waals surface area (Å²) in [6, 6.07) is 11.2. The number of fused-ring (bicyclic) bond motifs is 1. The number of aromatic nitrogens is 2. The van der Waals surface area contributed by atoms with E-state index in [0.29, 0.717) is 11.1 Å². The van der Waals surface area contributed by atoms with Crippen LogP contribution in [0.4, 0.5) is 0 Å². The van der Waals surface area contributed by atoms with Crippen LogP contribution in [0.15, 0.2) is 64.2 Å². The van der Waals surface area contributed by atoms with Gasteiger partial charge in [-0.3, -0.25) is 19.2 Å². The van der Waals surface area contributed by atoms with Crippen LogP contribution in [0.2, 0.25) is 0 Å². The van der Waals surface area contributed by atoms with Gasteiger partial charge in [0.1, 0.15) is 18.1 Å². The molecule has 3 aromatic rings. The van der Waals surface area contributed by atoms with Crippen LogP contribution in [0.5, 0.6) is 0 Å². The SMILES string of the molecule is C[C@H](NC(=O)[C@H](Cc1ccccc1)n1c(=O)[nH]c2ccccc2c1=O)C(=O)N[C@@H](CCC(N)=O)C(=O)O. The molecular formula is C25H27N5O7. The first kappa shape index (κ1) is 26.9. The van der Waals surface area contributed by atoms with E-state index in [1.807, 2.05) is 0 Å². The molecule has 0 saturated heterocycles. The molecule has 1 heterocycles. The molecule has 3 atom stereocenters. The van der Waals surface area contributed by atoms with Crippen molar-refractivity contribution in [3.63, 3.8) is 0 Å². The Hall–Kier alpha value is -4.74. The molecule has 194 valence electrons. The molecule has 1 aromatic heterocycles. The second-order valence-electron chi connectivity index (χ2n) is 8.49. The molecule has 12 heteroatoms. The third kappa shape index (κ3) is 6.69. The largest absolute Gasteiger partial charge is 0.480 e. The van der Waals surface area contributed by atoms with Crippen LogP contribution < -0.4 is 27.6 Å². The zero-order chi connectivity index (χ0) is 27.1. The highest BCUT2D eigenvalue weighted by Gasteiger charge is 2.29. The molecule has 0 fully saturated rings. The number of carbonyl (C=O) groups excluding carboxylic acids is 3. The molecule has 3 rings (SSSR count). The number of nitrogens with zero attached hydrogens (tertiary/aromatic N) is 1. The highest BCUT2D eigenvalue weighted by atomic mass is 16.4. The molecule has 0 unspecified atom stereocenters. The number of amides is 3. The summed E-state index contributed by atoms with van der Waals surface area (Å²) >= 11 is 0. The number of hydrogen-bond donors (Lipinski definition) is 5. The molecule has 6 N–H and O–H groups in total. The van der Waals surface area contributed by atoms with Crippen molar-refractivity contribution in [2.75, 3.05) is 0 Å². The summed E-state index contributed by atoms with van der Waals surface area (Å²) in [5.74, 6) is -3.72. The standard InChI is InChI=1S/C25H27N5O7/c1-14(21(32)28-18(24(35)36)11-12-20(26)31)27-22(33)19(13-15-7-3-2-4-8-15)30-23(34)16-9-5-6-10-17(16)29-25(30)37/h2-10,14,18-19H,11-13H2,1H3,(H2,26,31)(H,27,33)(H,28,32)(H,29,37)(H,35,36)/t14-,18-,19-/m0/s1. The van der Waals surface area contributed by atoms with Crippen molar-refractivity contribution < 1.29 is 24.3 Å². The first-order valence-corrected chi connectivity index (χ1v) is 11.5. The minimum absolute atomic E-state index is 0.0291. The highest BCUT2D eigenvalue weighted by Crippen LogP contribution is 2.14. The van der Waals surface area contributed by atoms with E-state index in [-0.39, 0.29) is 24.6 Å². The predicted octanol–water partition coefficient (Wildman–Crippen LogP) is -0.187. The van der Waals surface area contributed by atoms with Crippen molar-refractivity contribution >= 4 is 34.6 Å². The van der Waals surface area contributed by atoms with Gasteiger partial charge in [-0.1, -0.05) is 42.5 Å². The lowest BCUT2D eigenvalue weighted by Gasteiger charge is -2.23. The lowest BCUT2D eigenvalue weighted by Crippen LogP contribution is -2.53. The highest BCUT2D eigenvalue weighted by molar-refractivity contribution is 5.91. The van der Waals surface area contributed by atoms with Gasteiger partial charge in [-0.25, -0.2) is 14.2 Å². The summed E-state index contributed by atoms with van der Waals surface area (Å²) < 4.78 is 0.808. The number of nitrogens with two attached hydrogens (primary N) is 1. The molecule has 37 heavy (non-hydrogen) atoms. The van der Waals surface area contributed by atoms with Crippen LogP contribution in [0.1, 0.15) is 31.4 Å². The third-order valence-corrected chi connectivity index (χ3v) is 5.77. The van der Waals surface area contributed by atoms with E-state index in [1.165, 1.54) is 13.0 Å². The summed E-state index contributed by atoms with van der Waals surface area (Å²) in [7, 11) is 0. The first-order valence-electron chi connectivity index (χ1n) is 11.5. The Morgan fingerprint density at radius 1 is 0.973 bits per heavy atom. The molecular weight excluding hydrogens is 482 g/mol. The fraction of sp³-hybridized carbons (Fsp3) is 0.280. The lowest BCUT2D eigenvalue weighted by molar-refractivity contribution is -0.142. The summed E-state index contributed by atoms with van der Waals surface area (Å²) in [6.07, 6.45) is -0.515. The summed E-state index contributed by atoms with van der Waals surface area (Å²) in [6.45, 7) is 1.33. The van der Waals surface area contributed by atoms with E-state index in [1.54, 1.807) is 48.5 Å². The first-order chi connectivity index (χ1) is 17.6. The predicted molar refractivity (Wildman–Crippen MR) is 134 cm³/mol. The van der Waals surface area contributed by atoms with E-state index in [2.05, 4.69) is 15.6 Å². The molecule has 0 bridgehead atoms. The molecule has 0 aliphatic heterocycles. The van der Waals surface area contributed by atoms with Gasteiger partial charge in [0.15, 0.2) is 0 Å². The molecule has 0 radical (unpaired) electrons. The van der Waals surface area contributed by atoms with E-state index >= 15 is 0 Å². The Kier molecular flexibility index (Phi) is 8.56. The van der Waals surface area contributed by atoms with E-state index < -0.39 is 53.1 Å². The molecule has 0 aliphatic carbocycles. The normalized spacial score (nSPS) is 13.3. The number of benzene rings is 2. The fourth-order valence-electron chi connectivity index (χ4n) is 3.81. The number of carboxylic acids is 1. The lowest BCUT2D eigenvalue weighted by atomic mass is 10.0. The van der Waals surface area contributed by atoms with Crippen LogP contribution in [-0.2, 0) is 25.6 Å². The second kappa shape index (κ2) is 11.8. The zero-order valence-electron chi connectivity index (χ0n) is 20.0. The summed E-state index contributed by atoms with van der Waals surface area (Å²) in [5, 5.41) is 14.2. The molecule has 3 amide bonds. The maximum absolute atomic E-state index is 13.4. The maximum Gasteiger partial charge on any atom is 0.329 e. The van der Waals surface area contributed by atoms with Gasteiger partial charge in [-0.15, -0.1) is 0 Å². The van der Waals surface area contributed by atoms with E-state index in [9.17, 15) is 33.9 Å². The average Bonchev–Trinajstić information content (AvgIpc) is 2.86. The average molecular weight is 510 g/mol. The Labute approximate surface area is 210 Å². The van der Waals surface area contributed by atoms with Crippen molar-refractivity contribution in [2.24, 2.45) is 5.73 Å². The monoisotopic (exact) mass is 509 g/mol. The van der Waals surface area contributed by atoms with Gasteiger partial charge in [0, 0.05) is 12.8 Å². The number of carboxylic acid groups (broad SMARTS) is 1. The number of para-hydroxylation sites is 1. The molecule has 0 saturated carbocycles. The van der Waals surface area contributed by atoms with Crippen LogP contribution in [0.3, 0.4) is 0 Å². The van der Waals surface area contributed by atoms with Crippen molar-refractivity contribution in [2.45, 2.75) is 44.3 Å². The number of H-pyrrole nitrogens is 1. The number of nitrogens with one attached hydrogen (secondary N) is 3. The fourth-order valence-corrected chi connectivity index (χ4v) is 3.81. The van der Waals surface area contributed by atoms with E-state index in [0.717, 1.165) is 4.57 Å². The second-order valence-corrected chi connectivity index (χ2v) is 8.49. The minimum Gasteiger partial charge on any atom is -0.480 e. The number of aromatic amines is 1. The van der Waals surface area contributed by atoms with Crippen molar-refractivity contribution in [3.05, 3.63) is 81.0 Å². The molecule has 0 spiro atoms. The van der Waals surface area contributed by atoms with Gasteiger partial charge in [0.25, 0.3) is 5.56 Å². The van der Waals surface area contributed by atoms with Gasteiger partial charge in [-0.2, -0.15) is 0 Å². The molecule has 0 aliphatic rings. The number of hydrogen-bond acceptors (Lipinski definition) is 6. The smallest absolute Gasteiger partial charge is 0.329 e. The Balaban J connectivity index is 1.89. The van der Waals surface area contributed by atoms with Gasteiger partial charge in [0.2, 0.25) is 17.7 Å². The van der Waals surface area contributed by atoms with Gasteiger partial charge in [0.05, 0.1) is 10.9 Å². The Morgan fingerprint density at radius 2 is 1.62 bits per heavy atom. The Morgan fingerprint density at radius 3 is 2.27 bits per heavy atom. The number of primary amides is 1. The van der Waals surface area contributed by atoms with Crippen LogP contribution in [0.25, 0.3) is 10.9 Å². The zero-order valence-corrected chi connectivity index (χ0v) is 20.0. The number of carbonyl (C=O) groups is 4. The number of aliphatic carboxylic acids is 1. The van der Waals surface area contributed by atoms with Gasteiger partial charge in [-0.05, 0) is 31.0 Å². The van der Waals surface area contributed by atoms with Crippen LogP contribution in [0, 0.1) is 0 Å². The molecule has 2 aromatic carbocycles.